The molecule has 0 bridgehead atoms. The van der Waals surface area contributed by atoms with Gasteiger partial charge in [0.05, 0.1) is 12.5 Å². The Morgan fingerprint density at radius 3 is 2.63 bits per heavy atom. The number of hydrogen-bond acceptors (Lipinski definition) is 2. The van der Waals surface area contributed by atoms with Crippen LogP contribution >= 0.6 is 0 Å². The minimum absolute atomic E-state index is 0.0510. The Morgan fingerprint density at radius 2 is 2.11 bits per heavy atom. The van der Waals surface area contributed by atoms with Crippen LogP contribution in [0.1, 0.15) is 59.8 Å². The lowest BCUT2D eigenvalue weighted by atomic mass is 9.85. The third-order valence-electron chi connectivity index (χ3n) is 4.99. The van der Waals surface area contributed by atoms with Crippen LogP contribution in [-0.4, -0.2) is 12.6 Å². The summed E-state index contributed by atoms with van der Waals surface area (Å²) in [5, 5.41) is 0. The summed E-state index contributed by atoms with van der Waals surface area (Å²) in [6.45, 7) is 9.53. The van der Waals surface area contributed by atoms with Gasteiger partial charge in [0.2, 0.25) is 0 Å². The molecule has 2 fully saturated rings. The fraction of sp³-hybridized carbons (Fsp3) is 0.824. The number of carbonyl (C=O) groups is 1. The lowest BCUT2D eigenvalue weighted by Gasteiger charge is -2.24. The molecule has 0 spiro atoms. The van der Waals surface area contributed by atoms with Crippen molar-refractivity contribution < 1.29 is 9.53 Å². The standard InChI is InChI=1S/C17H28O2/c1-12(2)8-9-13(3)15-10-17(15,4)11-19-16(18)14-6-5-7-14/h8,13-15H,5-7,9-11H2,1-4H3/t13-,15+,17+/m0/s1. The predicted molar refractivity (Wildman–Crippen MR) is 77.7 cm³/mol. The normalized spacial score (nSPS) is 31.3. The smallest absolute Gasteiger partial charge is 0.308 e. The van der Waals surface area contributed by atoms with Gasteiger partial charge in [-0.25, -0.2) is 0 Å². The summed E-state index contributed by atoms with van der Waals surface area (Å²) in [7, 11) is 0. The monoisotopic (exact) mass is 264 g/mol. The van der Waals surface area contributed by atoms with E-state index in [0.29, 0.717) is 12.5 Å². The molecular weight excluding hydrogens is 236 g/mol. The van der Waals surface area contributed by atoms with Gasteiger partial charge in [-0.1, -0.05) is 31.9 Å². The molecule has 0 radical (unpaired) electrons. The fourth-order valence-electron chi connectivity index (χ4n) is 3.08. The van der Waals surface area contributed by atoms with Crippen LogP contribution in [0.5, 0.6) is 0 Å². The van der Waals surface area contributed by atoms with Crippen molar-refractivity contribution in [3.63, 3.8) is 0 Å². The molecule has 2 rings (SSSR count). The highest BCUT2D eigenvalue weighted by molar-refractivity contribution is 5.73. The molecule has 108 valence electrons. The molecule has 3 atom stereocenters. The summed E-state index contributed by atoms with van der Waals surface area (Å²) in [5.41, 5.74) is 1.64. The molecule has 0 aromatic heterocycles. The number of allylic oxidation sites excluding steroid dienone is 2. The maximum Gasteiger partial charge on any atom is 0.308 e. The second kappa shape index (κ2) is 5.68. The Hall–Kier alpha value is -0.790. The summed E-state index contributed by atoms with van der Waals surface area (Å²) < 4.78 is 5.52. The van der Waals surface area contributed by atoms with E-state index in [2.05, 4.69) is 33.8 Å². The van der Waals surface area contributed by atoms with Gasteiger partial charge in [0.15, 0.2) is 0 Å². The number of rotatable bonds is 6. The largest absolute Gasteiger partial charge is 0.465 e. The van der Waals surface area contributed by atoms with Gasteiger partial charge in [0.25, 0.3) is 0 Å². The maximum atomic E-state index is 11.8. The summed E-state index contributed by atoms with van der Waals surface area (Å²) in [4.78, 5) is 11.8. The number of carbonyl (C=O) groups excluding carboxylic acids is 1. The van der Waals surface area contributed by atoms with Crippen LogP contribution in [0.3, 0.4) is 0 Å². The van der Waals surface area contributed by atoms with E-state index >= 15 is 0 Å². The molecule has 0 aromatic rings. The van der Waals surface area contributed by atoms with Crippen LogP contribution in [0.2, 0.25) is 0 Å². The van der Waals surface area contributed by atoms with Crippen molar-refractivity contribution in [3.05, 3.63) is 11.6 Å². The van der Waals surface area contributed by atoms with Crippen LogP contribution in [0.4, 0.5) is 0 Å². The lowest BCUT2D eigenvalue weighted by molar-refractivity contribution is -0.153. The van der Waals surface area contributed by atoms with Crippen molar-refractivity contribution in [2.24, 2.45) is 23.2 Å². The highest BCUT2D eigenvalue weighted by Crippen LogP contribution is 2.57. The first-order chi connectivity index (χ1) is 8.92. The van der Waals surface area contributed by atoms with E-state index in [-0.39, 0.29) is 17.3 Å². The predicted octanol–water partition coefficient (Wildman–Crippen LogP) is 4.35. The highest BCUT2D eigenvalue weighted by Gasteiger charge is 2.53. The van der Waals surface area contributed by atoms with Crippen molar-refractivity contribution in [2.45, 2.75) is 59.8 Å². The molecule has 2 aliphatic carbocycles. The second-order valence-electron chi connectivity index (χ2n) is 7.19. The average molecular weight is 264 g/mol. The van der Waals surface area contributed by atoms with E-state index in [1.54, 1.807) is 0 Å². The van der Waals surface area contributed by atoms with Crippen molar-refractivity contribution >= 4 is 5.97 Å². The topological polar surface area (TPSA) is 26.3 Å². The molecule has 0 unspecified atom stereocenters. The summed E-state index contributed by atoms with van der Waals surface area (Å²) in [6.07, 6.45) is 7.96. The zero-order valence-electron chi connectivity index (χ0n) is 12.9. The molecule has 2 nitrogen and oxygen atoms in total. The van der Waals surface area contributed by atoms with Crippen molar-refractivity contribution in [1.82, 2.24) is 0 Å². The SMILES string of the molecule is CC(C)=CC[C@H](C)[C@H]1C[C@]1(C)COC(=O)C1CCC1. The van der Waals surface area contributed by atoms with Crippen LogP contribution < -0.4 is 0 Å². The van der Waals surface area contributed by atoms with Crippen LogP contribution in [0, 0.1) is 23.2 Å². The van der Waals surface area contributed by atoms with Crippen LogP contribution in [0.15, 0.2) is 11.6 Å². The Balaban J connectivity index is 1.72. The zero-order valence-corrected chi connectivity index (χ0v) is 12.9. The third kappa shape index (κ3) is 3.61. The Kier molecular flexibility index (Phi) is 4.37. The van der Waals surface area contributed by atoms with Crippen LogP contribution in [0.25, 0.3) is 0 Å². The highest BCUT2D eigenvalue weighted by atomic mass is 16.5. The maximum absolute atomic E-state index is 11.8. The molecule has 0 N–H and O–H groups in total. The van der Waals surface area contributed by atoms with Crippen LogP contribution in [-0.2, 0) is 9.53 Å². The van der Waals surface area contributed by atoms with Crippen molar-refractivity contribution in [2.75, 3.05) is 6.61 Å². The molecule has 0 aliphatic heterocycles. The van der Waals surface area contributed by atoms with Gasteiger partial charge in [0, 0.05) is 5.41 Å². The molecule has 0 aromatic carbocycles. The molecule has 2 aliphatic rings. The minimum atomic E-state index is 0.0510. The van der Waals surface area contributed by atoms with Gasteiger partial charge < -0.3 is 4.74 Å². The van der Waals surface area contributed by atoms with E-state index in [9.17, 15) is 4.79 Å². The molecule has 0 heterocycles. The van der Waals surface area contributed by atoms with Gasteiger partial charge in [-0.2, -0.15) is 0 Å². The van der Waals surface area contributed by atoms with Gasteiger partial charge in [-0.3, -0.25) is 4.79 Å². The zero-order chi connectivity index (χ0) is 14.0. The van der Waals surface area contributed by atoms with E-state index in [0.717, 1.165) is 25.2 Å². The molecule has 2 saturated carbocycles. The third-order valence-corrected chi connectivity index (χ3v) is 4.99. The van der Waals surface area contributed by atoms with E-state index in [4.69, 9.17) is 4.74 Å². The summed E-state index contributed by atoms with van der Waals surface area (Å²) in [5.74, 6) is 1.68. The average Bonchev–Trinajstić information content (AvgIpc) is 2.94. The Morgan fingerprint density at radius 1 is 1.42 bits per heavy atom. The van der Waals surface area contributed by atoms with Gasteiger partial charge in [0.1, 0.15) is 0 Å². The lowest BCUT2D eigenvalue weighted by Crippen LogP contribution is -2.26. The number of ether oxygens (including phenoxy) is 1. The van der Waals surface area contributed by atoms with Gasteiger partial charge >= 0.3 is 5.97 Å². The Bertz CT molecular complexity index is 363. The van der Waals surface area contributed by atoms with Crippen molar-refractivity contribution in [1.29, 1.82) is 0 Å². The summed E-state index contributed by atoms with van der Waals surface area (Å²) in [6, 6.07) is 0. The molecule has 19 heavy (non-hydrogen) atoms. The quantitative estimate of drug-likeness (QED) is 0.526. The second-order valence-corrected chi connectivity index (χ2v) is 7.19. The first kappa shape index (κ1) is 14.6. The fourth-order valence-corrected chi connectivity index (χ4v) is 3.08. The van der Waals surface area contributed by atoms with E-state index < -0.39 is 0 Å². The van der Waals surface area contributed by atoms with E-state index in [1.807, 2.05) is 0 Å². The summed E-state index contributed by atoms with van der Waals surface area (Å²) >= 11 is 0. The molecular formula is C17H28O2. The van der Waals surface area contributed by atoms with Gasteiger partial charge in [-0.15, -0.1) is 0 Å². The number of hydrogen-bond donors (Lipinski definition) is 0. The molecule has 0 saturated heterocycles. The van der Waals surface area contributed by atoms with Crippen molar-refractivity contribution in [3.8, 4) is 0 Å². The first-order valence-corrected chi connectivity index (χ1v) is 7.72. The van der Waals surface area contributed by atoms with E-state index in [1.165, 1.54) is 18.4 Å². The first-order valence-electron chi connectivity index (χ1n) is 7.72. The minimum Gasteiger partial charge on any atom is -0.465 e. The number of esters is 1. The van der Waals surface area contributed by atoms with Gasteiger partial charge in [-0.05, 0) is 51.4 Å². The molecule has 2 heteroatoms. The Labute approximate surface area is 117 Å². The molecule has 0 amide bonds.